The topological polar surface area (TPSA) is 84.4 Å². The molecule has 4 heterocycles. The fourth-order valence-corrected chi connectivity index (χ4v) is 5.02. The summed E-state index contributed by atoms with van der Waals surface area (Å²) >= 11 is 0. The molecule has 3 aromatic rings. The van der Waals surface area contributed by atoms with Gasteiger partial charge < -0.3 is 10.1 Å². The molecule has 1 saturated heterocycles. The molecule has 0 saturated carbocycles. The minimum atomic E-state index is -4.55. The molecule has 5 rings (SSSR count). The molecule has 0 aliphatic carbocycles. The van der Waals surface area contributed by atoms with E-state index in [0.29, 0.717) is 37.0 Å². The molecule has 2 aromatic heterocycles. The van der Waals surface area contributed by atoms with Crippen molar-refractivity contribution in [1.29, 1.82) is 0 Å². The standard InChI is InChI=1S/C27H25F3N4O3/c1-3-34-24-22(20-7-8-37-14-23(20)26(34)36)10-17(12-32-24)21-11-19(13-31-15(21)2)33-25(35)16-5-4-6-18(9-16)27(28,29)30/h4-6,9-13,20,23H,3,7-8,14H2,1-2H3,(H,33,35)/t20-,23+/m1/s1. The molecular formula is C27H25F3N4O3. The summed E-state index contributed by atoms with van der Waals surface area (Å²) in [6, 6.07) is 8.00. The van der Waals surface area contributed by atoms with Crippen LogP contribution in [0, 0.1) is 12.8 Å². The Kier molecular flexibility index (Phi) is 6.45. The fourth-order valence-electron chi connectivity index (χ4n) is 5.02. The van der Waals surface area contributed by atoms with Crippen LogP contribution in [0.25, 0.3) is 11.1 Å². The monoisotopic (exact) mass is 510 g/mol. The Morgan fingerprint density at radius 3 is 2.73 bits per heavy atom. The van der Waals surface area contributed by atoms with Crippen molar-refractivity contribution < 1.29 is 27.5 Å². The van der Waals surface area contributed by atoms with Crippen LogP contribution in [0.4, 0.5) is 24.7 Å². The first-order chi connectivity index (χ1) is 17.7. The number of pyridine rings is 2. The number of aryl methyl sites for hydroxylation is 1. The number of anilines is 2. The maximum absolute atomic E-state index is 13.1. The van der Waals surface area contributed by atoms with E-state index >= 15 is 0 Å². The Morgan fingerprint density at radius 2 is 1.97 bits per heavy atom. The largest absolute Gasteiger partial charge is 0.416 e. The van der Waals surface area contributed by atoms with Crippen molar-refractivity contribution in [2.24, 2.45) is 5.92 Å². The number of nitrogens with zero attached hydrogens (tertiary/aromatic N) is 3. The molecule has 0 radical (unpaired) electrons. The van der Waals surface area contributed by atoms with Crippen LogP contribution in [-0.2, 0) is 15.7 Å². The SMILES string of the molecule is CCN1C(=O)[C@H]2COCC[C@@H]2c2cc(-c3cc(NC(=O)c4cccc(C(F)(F)F)c4)cnc3C)cnc21. The Hall–Kier alpha value is -3.79. The molecule has 7 nitrogen and oxygen atoms in total. The molecule has 2 amide bonds. The predicted octanol–water partition coefficient (Wildman–Crippen LogP) is 5.21. The van der Waals surface area contributed by atoms with Gasteiger partial charge in [0.05, 0.1) is 30.0 Å². The number of alkyl halides is 3. The van der Waals surface area contributed by atoms with Gasteiger partial charge in [-0.15, -0.1) is 0 Å². The maximum atomic E-state index is 13.1. The number of benzene rings is 1. The van der Waals surface area contributed by atoms with Crippen LogP contribution in [0.15, 0.2) is 48.8 Å². The molecule has 0 unspecified atom stereocenters. The highest BCUT2D eigenvalue weighted by molar-refractivity contribution is 6.04. The molecule has 1 N–H and O–H groups in total. The summed E-state index contributed by atoms with van der Waals surface area (Å²) in [5.74, 6) is -0.247. The van der Waals surface area contributed by atoms with Gasteiger partial charge in [-0.1, -0.05) is 6.07 Å². The lowest BCUT2D eigenvalue weighted by molar-refractivity contribution is -0.137. The smallest absolute Gasteiger partial charge is 0.381 e. The first-order valence-corrected chi connectivity index (χ1v) is 12.0. The van der Waals surface area contributed by atoms with E-state index in [1.807, 2.05) is 19.9 Å². The number of halogens is 3. The summed E-state index contributed by atoms with van der Waals surface area (Å²) in [6.45, 7) is 5.18. The van der Waals surface area contributed by atoms with Crippen molar-refractivity contribution in [3.8, 4) is 11.1 Å². The quantitative estimate of drug-likeness (QED) is 0.521. The number of amides is 2. The number of aromatic nitrogens is 2. The zero-order valence-corrected chi connectivity index (χ0v) is 20.3. The van der Waals surface area contributed by atoms with Gasteiger partial charge in [0.25, 0.3) is 5.91 Å². The highest BCUT2D eigenvalue weighted by atomic mass is 19.4. The van der Waals surface area contributed by atoms with Gasteiger partial charge in [0.15, 0.2) is 0 Å². The number of fused-ring (bicyclic) bond motifs is 3. The van der Waals surface area contributed by atoms with Crippen molar-refractivity contribution in [1.82, 2.24) is 9.97 Å². The average molecular weight is 511 g/mol. The molecule has 2 aliphatic heterocycles. The molecule has 10 heteroatoms. The minimum absolute atomic E-state index is 0.00330. The van der Waals surface area contributed by atoms with Crippen molar-refractivity contribution in [3.05, 3.63) is 71.2 Å². The van der Waals surface area contributed by atoms with Crippen LogP contribution < -0.4 is 10.2 Å². The van der Waals surface area contributed by atoms with Gasteiger partial charge in [-0.3, -0.25) is 19.5 Å². The average Bonchev–Trinajstić information content (AvgIpc) is 2.89. The number of ether oxygens (including phenoxy) is 1. The van der Waals surface area contributed by atoms with Gasteiger partial charge >= 0.3 is 6.18 Å². The van der Waals surface area contributed by atoms with E-state index in [1.165, 1.54) is 18.3 Å². The lowest BCUT2D eigenvalue weighted by Gasteiger charge is -2.40. The van der Waals surface area contributed by atoms with E-state index in [-0.39, 0.29) is 23.3 Å². The third-order valence-electron chi connectivity index (χ3n) is 6.91. The van der Waals surface area contributed by atoms with Crippen LogP contribution in [0.3, 0.4) is 0 Å². The van der Waals surface area contributed by atoms with Crippen molar-refractivity contribution >= 4 is 23.3 Å². The molecule has 0 bridgehead atoms. The van der Waals surface area contributed by atoms with Crippen LogP contribution >= 0.6 is 0 Å². The second kappa shape index (κ2) is 9.59. The van der Waals surface area contributed by atoms with Crippen molar-refractivity contribution in [2.75, 3.05) is 30.0 Å². The highest BCUT2D eigenvalue weighted by Gasteiger charge is 2.42. The van der Waals surface area contributed by atoms with Gasteiger partial charge in [0, 0.05) is 47.7 Å². The molecule has 1 aromatic carbocycles. The summed E-state index contributed by atoms with van der Waals surface area (Å²) in [5, 5.41) is 2.65. The molecule has 192 valence electrons. The number of hydrogen-bond acceptors (Lipinski definition) is 5. The van der Waals surface area contributed by atoms with Crippen LogP contribution in [0.5, 0.6) is 0 Å². The Bertz CT molecular complexity index is 1380. The van der Waals surface area contributed by atoms with Crippen molar-refractivity contribution in [2.45, 2.75) is 32.4 Å². The third-order valence-corrected chi connectivity index (χ3v) is 6.91. The third kappa shape index (κ3) is 4.69. The fraction of sp³-hybridized carbons (Fsp3) is 0.333. The number of nitrogens with one attached hydrogen (secondary N) is 1. The van der Waals surface area contributed by atoms with E-state index in [9.17, 15) is 22.8 Å². The Balaban J connectivity index is 1.47. The molecular weight excluding hydrogens is 485 g/mol. The number of carbonyl (C=O) groups is 2. The van der Waals surface area contributed by atoms with Crippen LogP contribution in [0.2, 0.25) is 0 Å². The van der Waals surface area contributed by atoms with E-state index in [0.717, 1.165) is 35.2 Å². The highest BCUT2D eigenvalue weighted by Crippen LogP contribution is 2.44. The van der Waals surface area contributed by atoms with E-state index < -0.39 is 17.6 Å². The lowest BCUT2D eigenvalue weighted by Crippen LogP contribution is -2.47. The Morgan fingerprint density at radius 1 is 1.16 bits per heavy atom. The Labute approximate surface area is 211 Å². The van der Waals surface area contributed by atoms with Gasteiger partial charge in [0.2, 0.25) is 5.91 Å². The van der Waals surface area contributed by atoms with E-state index in [4.69, 9.17) is 4.74 Å². The number of carbonyl (C=O) groups excluding carboxylic acids is 2. The minimum Gasteiger partial charge on any atom is -0.381 e. The molecule has 2 atom stereocenters. The van der Waals surface area contributed by atoms with Gasteiger partial charge in [-0.2, -0.15) is 13.2 Å². The van der Waals surface area contributed by atoms with E-state index in [1.54, 1.807) is 17.2 Å². The first-order valence-electron chi connectivity index (χ1n) is 12.0. The lowest BCUT2D eigenvalue weighted by atomic mass is 9.78. The van der Waals surface area contributed by atoms with Crippen LogP contribution in [0.1, 0.15) is 46.4 Å². The number of hydrogen-bond donors (Lipinski definition) is 1. The molecule has 37 heavy (non-hydrogen) atoms. The zero-order chi connectivity index (χ0) is 26.3. The van der Waals surface area contributed by atoms with Crippen LogP contribution in [-0.4, -0.2) is 41.5 Å². The van der Waals surface area contributed by atoms with Gasteiger partial charge in [-0.05, 0) is 56.2 Å². The maximum Gasteiger partial charge on any atom is 0.416 e. The number of rotatable bonds is 4. The summed E-state index contributed by atoms with van der Waals surface area (Å²) in [5.41, 5.74) is 2.51. The zero-order valence-electron chi connectivity index (χ0n) is 20.3. The molecule has 1 fully saturated rings. The molecule has 0 spiro atoms. The summed E-state index contributed by atoms with van der Waals surface area (Å²) in [6.07, 6.45) is -0.689. The van der Waals surface area contributed by atoms with Gasteiger partial charge in [0.1, 0.15) is 5.82 Å². The molecule has 2 aliphatic rings. The van der Waals surface area contributed by atoms with E-state index in [2.05, 4.69) is 15.3 Å². The normalized spacial score (nSPS) is 19.3. The van der Waals surface area contributed by atoms with Crippen molar-refractivity contribution in [3.63, 3.8) is 0 Å². The summed E-state index contributed by atoms with van der Waals surface area (Å²) in [4.78, 5) is 36.4. The summed E-state index contributed by atoms with van der Waals surface area (Å²) in [7, 11) is 0. The second-order valence-corrected chi connectivity index (χ2v) is 9.19. The first kappa shape index (κ1) is 24.9. The van der Waals surface area contributed by atoms with Gasteiger partial charge in [-0.25, -0.2) is 4.98 Å². The summed E-state index contributed by atoms with van der Waals surface area (Å²) < 4.78 is 44.8. The second-order valence-electron chi connectivity index (χ2n) is 9.19. The predicted molar refractivity (Wildman–Crippen MR) is 131 cm³/mol.